The van der Waals surface area contributed by atoms with Crippen LogP contribution in [0.25, 0.3) is 11.4 Å². The summed E-state index contributed by atoms with van der Waals surface area (Å²) in [5.74, 6) is 1.93. The Morgan fingerprint density at radius 3 is 2.50 bits per heavy atom. The van der Waals surface area contributed by atoms with Crippen LogP contribution in [0, 0.1) is 6.92 Å². The molecule has 0 radical (unpaired) electrons. The number of hydrogen-bond donors (Lipinski definition) is 0. The Morgan fingerprint density at radius 2 is 1.81 bits per heavy atom. The van der Waals surface area contributed by atoms with Gasteiger partial charge in [0.25, 0.3) is 0 Å². The van der Waals surface area contributed by atoms with E-state index in [9.17, 15) is 0 Å². The first-order valence-corrected chi connectivity index (χ1v) is 5.43. The largest absolute Gasteiger partial charge is 0.221 e. The summed E-state index contributed by atoms with van der Waals surface area (Å²) in [5.41, 5.74) is 2.26. The third-order valence-electron chi connectivity index (χ3n) is 2.49. The minimum atomic E-state index is 0.325. The SMILES string of the molecule is Cc1ccccc1-c1ncnc(C(C)C)n1. The second-order valence-electron chi connectivity index (χ2n) is 4.14. The third kappa shape index (κ3) is 2.08. The first-order valence-electron chi connectivity index (χ1n) is 5.43. The van der Waals surface area contributed by atoms with Gasteiger partial charge >= 0.3 is 0 Å². The van der Waals surface area contributed by atoms with E-state index in [-0.39, 0.29) is 0 Å². The van der Waals surface area contributed by atoms with Crippen molar-refractivity contribution in [3.8, 4) is 11.4 Å². The Bertz CT molecular complexity index is 492. The molecule has 16 heavy (non-hydrogen) atoms. The molecule has 2 aromatic rings. The van der Waals surface area contributed by atoms with Gasteiger partial charge in [-0.2, -0.15) is 0 Å². The van der Waals surface area contributed by atoms with Crippen molar-refractivity contribution in [2.75, 3.05) is 0 Å². The molecule has 1 aromatic heterocycles. The maximum Gasteiger partial charge on any atom is 0.163 e. The highest BCUT2D eigenvalue weighted by atomic mass is 15.0. The van der Waals surface area contributed by atoms with Gasteiger partial charge in [0.2, 0.25) is 0 Å². The fourth-order valence-electron chi connectivity index (χ4n) is 1.54. The van der Waals surface area contributed by atoms with E-state index >= 15 is 0 Å². The summed E-state index contributed by atoms with van der Waals surface area (Å²) in [6.45, 7) is 6.22. The van der Waals surface area contributed by atoms with Crippen LogP contribution in [-0.4, -0.2) is 15.0 Å². The van der Waals surface area contributed by atoms with Gasteiger partial charge in [0.05, 0.1) is 0 Å². The van der Waals surface area contributed by atoms with Crippen LogP contribution in [0.4, 0.5) is 0 Å². The Balaban J connectivity index is 2.49. The summed E-state index contributed by atoms with van der Waals surface area (Å²) in [5, 5.41) is 0. The van der Waals surface area contributed by atoms with Crippen LogP contribution >= 0.6 is 0 Å². The van der Waals surface area contributed by atoms with Gasteiger partial charge in [-0.25, -0.2) is 15.0 Å². The number of hydrogen-bond acceptors (Lipinski definition) is 3. The summed E-state index contributed by atoms with van der Waals surface area (Å²) >= 11 is 0. The van der Waals surface area contributed by atoms with Gasteiger partial charge in [-0.05, 0) is 12.5 Å². The second kappa shape index (κ2) is 4.39. The lowest BCUT2D eigenvalue weighted by Crippen LogP contribution is -2.01. The van der Waals surface area contributed by atoms with Gasteiger partial charge in [0.1, 0.15) is 12.2 Å². The lowest BCUT2D eigenvalue weighted by Gasteiger charge is -2.06. The Labute approximate surface area is 95.6 Å². The molecule has 0 atom stereocenters. The fraction of sp³-hybridized carbons (Fsp3) is 0.308. The van der Waals surface area contributed by atoms with Crippen molar-refractivity contribution in [2.45, 2.75) is 26.7 Å². The van der Waals surface area contributed by atoms with Gasteiger partial charge < -0.3 is 0 Å². The zero-order chi connectivity index (χ0) is 11.5. The van der Waals surface area contributed by atoms with Crippen molar-refractivity contribution < 1.29 is 0 Å². The van der Waals surface area contributed by atoms with Crippen LogP contribution in [0.5, 0.6) is 0 Å². The monoisotopic (exact) mass is 213 g/mol. The molecule has 0 unspecified atom stereocenters. The molecule has 1 aromatic carbocycles. The van der Waals surface area contributed by atoms with Crippen molar-refractivity contribution in [3.05, 3.63) is 42.0 Å². The van der Waals surface area contributed by atoms with Gasteiger partial charge in [-0.1, -0.05) is 38.1 Å². The summed E-state index contributed by atoms with van der Waals surface area (Å²) in [6, 6.07) is 8.12. The number of aromatic nitrogens is 3. The summed E-state index contributed by atoms with van der Waals surface area (Å²) < 4.78 is 0. The van der Waals surface area contributed by atoms with Crippen LogP contribution in [0.3, 0.4) is 0 Å². The van der Waals surface area contributed by atoms with Crippen LogP contribution in [0.1, 0.15) is 31.2 Å². The van der Waals surface area contributed by atoms with Crippen molar-refractivity contribution in [1.29, 1.82) is 0 Å². The highest BCUT2D eigenvalue weighted by Gasteiger charge is 2.07. The molecular weight excluding hydrogens is 198 g/mol. The minimum absolute atomic E-state index is 0.325. The van der Waals surface area contributed by atoms with Crippen molar-refractivity contribution in [1.82, 2.24) is 15.0 Å². The van der Waals surface area contributed by atoms with Crippen molar-refractivity contribution in [2.24, 2.45) is 0 Å². The number of aryl methyl sites for hydroxylation is 1. The molecule has 0 bridgehead atoms. The first-order chi connectivity index (χ1) is 7.68. The molecule has 0 saturated carbocycles. The maximum absolute atomic E-state index is 4.48. The van der Waals surface area contributed by atoms with Gasteiger partial charge in [-0.15, -0.1) is 0 Å². The number of nitrogens with zero attached hydrogens (tertiary/aromatic N) is 3. The molecule has 1 heterocycles. The summed E-state index contributed by atoms with van der Waals surface area (Å²) in [6.07, 6.45) is 1.59. The van der Waals surface area contributed by atoms with Gasteiger partial charge in [0, 0.05) is 11.5 Å². The second-order valence-corrected chi connectivity index (χ2v) is 4.14. The normalized spacial score (nSPS) is 10.8. The molecule has 3 heteroatoms. The van der Waals surface area contributed by atoms with E-state index < -0.39 is 0 Å². The van der Waals surface area contributed by atoms with E-state index in [0.717, 1.165) is 17.2 Å². The molecule has 0 saturated heterocycles. The van der Waals surface area contributed by atoms with E-state index in [4.69, 9.17) is 0 Å². The van der Waals surface area contributed by atoms with Gasteiger partial charge in [0.15, 0.2) is 5.82 Å². The number of benzene rings is 1. The van der Waals surface area contributed by atoms with Crippen molar-refractivity contribution >= 4 is 0 Å². The Morgan fingerprint density at radius 1 is 1.06 bits per heavy atom. The van der Waals surface area contributed by atoms with Gasteiger partial charge in [-0.3, -0.25) is 0 Å². The highest BCUT2D eigenvalue weighted by molar-refractivity contribution is 5.59. The summed E-state index contributed by atoms with van der Waals surface area (Å²) in [7, 11) is 0. The van der Waals surface area contributed by atoms with E-state index in [1.54, 1.807) is 6.33 Å². The van der Waals surface area contributed by atoms with Crippen molar-refractivity contribution in [3.63, 3.8) is 0 Å². The highest BCUT2D eigenvalue weighted by Crippen LogP contribution is 2.19. The molecule has 0 spiro atoms. The first kappa shape index (κ1) is 10.7. The topological polar surface area (TPSA) is 38.7 Å². The lowest BCUT2D eigenvalue weighted by molar-refractivity contribution is 0.762. The molecule has 0 amide bonds. The van der Waals surface area contributed by atoms with E-state index in [1.165, 1.54) is 5.56 Å². The van der Waals surface area contributed by atoms with Crippen LogP contribution in [0.15, 0.2) is 30.6 Å². The maximum atomic E-state index is 4.48. The summed E-state index contributed by atoms with van der Waals surface area (Å²) in [4.78, 5) is 12.9. The fourth-order valence-corrected chi connectivity index (χ4v) is 1.54. The standard InChI is InChI=1S/C13H15N3/c1-9(2)12-14-8-15-13(16-12)11-7-5-4-6-10(11)3/h4-9H,1-3H3. The molecule has 3 nitrogen and oxygen atoms in total. The molecule has 0 N–H and O–H groups in total. The average Bonchev–Trinajstić information content (AvgIpc) is 2.30. The Hall–Kier alpha value is -1.77. The molecular formula is C13H15N3. The molecule has 0 fully saturated rings. The predicted octanol–water partition coefficient (Wildman–Crippen LogP) is 2.97. The molecule has 0 aliphatic heterocycles. The minimum Gasteiger partial charge on any atom is -0.221 e. The smallest absolute Gasteiger partial charge is 0.163 e. The third-order valence-corrected chi connectivity index (χ3v) is 2.49. The van der Waals surface area contributed by atoms with Crippen LogP contribution in [0.2, 0.25) is 0 Å². The molecule has 2 rings (SSSR count). The zero-order valence-electron chi connectivity index (χ0n) is 9.81. The van der Waals surface area contributed by atoms with E-state index in [2.05, 4.69) is 41.8 Å². The number of rotatable bonds is 2. The molecule has 82 valence electrons. The molecule has 0 aliphatic carbocycles. The van der Waals surface area contributed by atoms with E-state index in [1.807, 2.05) is 18.2 Å². The van der Waals surface area contributed by atoms with Crippen LogP contribution in [-0.2, 0) is 0 Å². The zero-order valence-corrected chi connectivity index (χ0v) is 9.81. The quantitative estimate of drug-likeness (QED) is 0.769. The molecule has 0 aliphatic rings. The van der Waals surface area contributed by atoms with Crippen LogP contribution < -0.4 is 0 Å². The van der Waals surface area contributed by atoms with E-state index in [0.29, 0.717) is 5.92 Å². The predicted molar refractivity (Wildman–Crippen MR) is 64.1 cm³/mol. The lowest BCUT2D eigenvalue weighted by atomic mass is 10.1. The Kier molecular flexibility index (Phi) is 2.95. The average molecular weight is 213 g/mol.